The highest BCUT2D eigenvalue weighted by Gasteiger charge is 2.18. The van der Waals surface area contributed by atoms with Crippen LogP contribution in [0.25, 0.3) is 0 Å². The first-order chi connectivity index (χ1) is 8.31. The fraction of sp³-hybridized carbons (Fsp3) is 0.562. The van der Waals surface area contributed by atoms with E-state index in [2.05, 4.69) is 27.7 Å². The van der Waals surface area contributed by atoms with Gasteiger partial charge in [-0.05, 0) is 29.9 Å². The summed E-state index contributed by atoms with van der Waals surface area (Å²) in [6.45, 7) is 8.54. The van der Waals surface area contributed by atoms with Crippen molar-refractivity contribution in [3.8, 4) is 0 Å². The first-order valence-electron chi connectivity index (χ1n) is 6.69. The fourth-order valence-electron chi connectivity index (χ4n) is 2.18. The maximum Gasteiger partial charge on any atom is 0.164 e. The molecule has 0 bridgehead atoms. The molecule has 0 saturated carbocycles. The second-order valence-electron chi connectivity index (χ2n) is 6.21. The normalized spacial score (nSPS) is 13.4. The van der Waals surface area contributed by atoms with Crippen LogP contribution in [0.15, 0.2) is 24.3 Å². The van der Waals surface area contributed by atoms with Gasteiger partial charge in [-0.1, -0.05) is 45.9 Å². The highest BCUT2D eigenvalue weighted by atomic mass is 16.1. The predicted molar refractivity (Wildman–Crippen MR) is 76.8 cm³/mol. The lowest BCUT2D eigenvalue weighted by molar-refractivity contribution is 0.0968. The van der Waals surface area contributed by atoms with E-state index in [1.54, 1.807) is 0 Å². The van der Waals surface area contributed by atoms with Gasteiger partial charge in [0.15, 0.2) is 5.78 Å². The summed E-state index contributed by atoms with van der Waals surface area (Å²) in [7, 11) is 0. The van der Waals surface area contributed by atoms with Crippen LogP contribution in [0.2, 0.25) is 0 Å². The molecule has 1 aromatic rings. The van der Waals surface area contributed by atoms with Gasteiger partial charge in [-0.3, -0.25) is 4.79 Å². The minimum absolute atomic E-state index is 0.0530. The van der Waals surface area contributed by atoms with E-state index < -0.39 is 0 Å². The van der Waals surface area contributed by atoms with Crippen LogP contribution in [0, 0.1) is 5.41 Å². The molecular formula is C16H25NO. The Morgan fingerprint density at radius 1 is 1.33 bits per heavy atom. The zero-order valence-electron chi connectivity index (χ0n) is 12.0. The Bertz CT molecular complexity index is 404. The lowest BCUT2D eigenvalue weighted by Crippen LogP contribution is -2.29. The molecule has 0 amide bonds. The topological polar surface area (TPSA) is 43.1 Å². The molecule has 1 unspecified atom stereocenters. The number of ketones is 1. The Kier molecular flexibility index (Phi) is 5.09. The monoisotopic (exact) mass is 247 g/mol. The second kappa shape index (κ2) is 6.14. The molecule has 0 radical (unpaired) electrons. The summed E-state index contributed by atoms with van der Waals surface area (Å²) in [5.74, 6) is 0.155. The molecule has 1 rings (SSSR count). The van der Waals surface area contributed by atoms with Gasteiger partial charge in [0.1, 0.15) is 0 Å². The zero-order chi connectivity index (χ0) is 13.8. The Morgan fingerprint density at radius 3 is 2.56 bits per heavy atom. The number of nitrogens with two attached hydrogens (primary N) is 1. The Hall–Kier alpha value is -1.15. The van der Waals surface area contributed by atoms with Crippen LogP contribution in [-0.4, -0.2) is 11.8 Å². The number of carbonyl (C=O) groups excluding carboxylic acids is 1. The van der Waals surface area contributed by atoms with Gasteiger partial charge >= 0.3 is 0 Å². The smallest absolute Gasteiger partial charge is 0.164 e. The molecular weight excluding hydrogens is 222 g/mol. The van der Waals surface area contributed by atoms with Crippen LogP contribution < -0.4 is 5.73 Å². The van der Waals surface area contributed by atoms with Crippen molar-refractivity contribution < 1.29 is 4.79 Å². The molecule has 1 aromatic carbocycles. The van der Waals surface area contributed by atoms with Crippen molar-refractivity contribution in [3.63, 3.8) is 0 Å². The molecule has 1 atom stereocenters. The van der Waals surface area contributed by atoms with Crippen molar-refractivity contribution in [1.82, 2.24) is 0 Å². The van der Waals surface area contributed by atoms with Gasteiger partial charge in [0.2, 0.25) is 0 Å². The van der Waals surface area contributed by atoms with E-state index in [0.717, 1.165) is 18.4 Å². The molecule has 0 aromatic heterocycles. The van der Waals surface area contributed by atoms with Crippen molar-refractivity contribution in [2.75, 3.05) is 0 Å². The molecule has 2 nitrogen and oxygen atoms in total. The van der Waals surface area contributed by atoms with Crippen molar-refractivity contribution in [2.24, 2.45) is 11.1 Å². The summed E-state index contributed by atoms with van der Waals surface area (Å²) < 4.78 is 0. The van der Waals surface area contributed by atoms with Gasteiger partial charge < -0.3 is 5.73 Å². The van der Waals surface area contributed by atoms with E-state index >= 15 is 0 Å². The summed E-state index contributed by atoms with van der Waals surface area (Å²) in [5.41, 5.74) is 8.21. The van der Waals surface area contributed by atoms with Crippen LogP contribution >= 0.6 is 0 Å². The number of hydrogen-bond acceptors (Lipinski definition) is 2. The first-order valence-corrected chi connectivity index (χ1v) is 6.69. The average Bonchev–Trinajstić information content (AvgIpc) is 2.26. The predicted octanol–water partition coefficient (Wildman–Crippen LogP) is 3.59. The van der Waals surface area contributed by atoms with Crippen molar-refractivity contribution >= 4 is 5.78 Å². The number of carbonyl (C=O) groups is 1. The maximum absolute atomic E-state index is 12.1. The Morgan fingerprint density at radius 2 is 2.00 bits per heavy atom. The Labute approximate surface area is 111 Å². The van der Waals surface area contributed by atoms with Gasteiger partial charge in [0.25, 0.3) is 0 Å². The SMILES string of the molecule is CCc1cccc(C(=O)CC(N)CC(C)(C)C)c1. The van der Waals surface area contributed by atoms with Gasteiger partial charge in [0, 0.05) is 18.0 Å². The number of hydrogen-bond donors (Lipinski definition) is 1. The summed E-state index contributed by atoms with van der Waals surface area (Å²) in [6.07, 6.45) is 2.26. The third-order valence-electron chi connectivity index (χ3n) is 2.98. The van der Waals surface area contributed by atoms with E-state index in [0.29, 0.717) is 6.42 Å². The molecule has 0 spiro atoms. The summed E-state index contributed by atoms with van der Waals surface area (Å²) in [5, 5.41) is 0. The summed E-state index contributed by atoms with van der Waals surface area (Å²) in [6, 6.07) is 7.80. The molecule has 100 valence electrons. The van der Waals surface area contributed by atoms with Crippen LogP contribution in [0.3, 0.4) is 0 Å². The van der Waals surface area contributed by atoms with E-state index in [9.17, 15) is 4.79 Å². The molecule has 0 heterocycles. The minimum Gasteiger partial charge on any atom is -0.327 e. The Balaban J connectivity index is 2.64. The van der Waals surface area contributed by atoms with E-state index in [1.165, 1.54) is 5.56 Å². The quantitative estimate of drug-likeness (QED) is 0.808. The molecule has 0 fully saturated rings. The standard InChI is InChI=1S/C16H25NO/c1-5-12-7-6-8-13(9-12)15(18)10-14(17)11-16(2,3)4/h6-9,14H,5,10-11,17H2,1-4H3. The van der Waals surface area contributed by atoms with Crippen molar-refractivity contribution in [2.45, 2.75) is 53.0 Å². The van der Waals surface area contributed by atoms with Gasteiger partial charge in [0.05, 0.1) is 0 Å². The van der Waals surface area contributed by atoms with Crippen LogP contribution in [0.4, 0.5) is 0 Å². The number of benzene rings is 1. The summed E-state index contributed by atoms with van der Waals surface area (Å²) in [4.78, 5) is 12.1. The fourth-order valence-corrected chi connectivity index (χ4v) is 2.18. The van der Waals surface area contributed by atoms with E-state index in [1.807, 2.05) is 24.3 Å². The highest BCUT2D eigenvalue weighted by Crippen LogP contribution is 2.22. The van der Waals surface area contributed by atoms with Crippen molar-refractivity contribution in [3.05, 3.63) is 35.4 Å². The van der Waals surface area contributed by atoms with Gasteiger partial charge in [-0.15, -0.1) is 0 Å². The maximum atomic E-state index is 12.1. The lowest BCUT2D eigenvalue weighted by Gasteiger charge is -2.22. The second-order valence-corrected chi connectivity index (χ2v) is 6.21. The van der Waals surface area contributed by atoms with Crippen molar-refractivity contribution in [1.29, 1.82) is 0 Å². The largest absolute Gasteiger partial charge is 0.327 e. The number of rotatable bonds is 5. The first kappa shape index (κ1) is 14.9. The van der Waals surface area contributed by atoms with Crippen LogP contribution in [0.5, 0.6) is 0 Å². The summed E-state index contributed by atoms with van der Waals surface area (Å²) >= 11 is 0. The number of Topliss-reactive ketones (excluding diaryl/α,β-unsaturated/α-hetero) is 1. The molecule has 2 heteroatoms. The molecule has 0 aliphatic heterocycles. The molecule has 2 N–H and O–H groups in total. The lowest BCUT2D eigenvalue weighted by atomic mass is 9.86. The van der Waals surface area contributed by atoms with Gasteiger partial charge in [-0.2, -0.15) is 0 Å². The van der Waals surface area contributed by atoms with E-state index in [4.69, 9.17) is 5.73 Å². The van der Waals surface area contributed by atoms with Crippen LogP contribution in [-0.2, 0) is 6.42 Å². The molecule has 0 aliphatic carbocycles. The molecule has 0 saturated heterocycles. The van der Waals surface area contributed by atoms with Crippen LogP contribution in [0.1, 0.15) is 56.5 Å². The zero-order valence-corrected chi connectivity index (χ0v) is 12.0. The number of aryl methyl sites for hydroxylation is 1. The molecule has 18 heavy (non-hydrogen) atoms. The third kappa shape index (κ3) is 5.01. The molecule has 0 aliphatic rings. The van der Waals surface area contributed by atoms with E-state index in [-0.39, 0.29) is 17.2 Å². The average molecular weight is 247 g/mol. The highest BCUT2D eigenvalue weighted by molar-refractivity contribution is 5.96. The minimum atomic E-state index is -0.0530. The third-order valence-corrected chi connectivity index (χ3v) is 2.98. The van der Waals surface area contributed by atoms with Gasteiger partial charge in [-0.25, -0.2) is 0 Å².